The molecular weight excluding hydrogens is 288 g/mol. The van der Waals surface area contributed by atoms with Crippen molar-refractivity contribution in [3.05, 3.63) is 24.9 Å². The number of rotatable bonds is 8. The molecule has 1 fully saturated rings. The summed E-state index contributed by atoms with van der Waals surface area (Å²) in [6.45, 7) is 8.96. The summed E-state index contributed by atoms with van der Waals surface area (Å²) in [5.74, 6) is -3.06. The van der Waals surface area contributed by atoms with Gasteiger partial charge in [-0.3, -0.25) is 30.0 Å². The summed E-state index contributed by atoms with van der Waals surface area (Å²) >= 11 is 0. The van der Waals surface area contributed by atoms with Crippen LogP contribution in [0.1, 0.15) is 26.2 Å². The maximum Gasteiger partial charge on any atom is 0.331 e. The van der Waals surface area contributed by atoms with Gasteiger partial charge in [0.25, 0.3) is 0 Å². The normalized spacial score (nSPS) is 17.8. The molecule has 0 aliphatic carbocycles. The van der Waals surface area contributed by atoms with Gasteiger partial charge in [-0.25, -0.2) is 4.79 Å². The number of urea groups is 1. The Kier molecular flexibility index (Phi) is 6.30. The molecule has 0 aromatic carbocycles. The molecule has 1 rings (SSSR count). The highest BCUT2D eigenvalue weighted by Gasteiger charge is 2.41. The van der Waals surface area contributed by atoms with Crippen LogP contribution in [-0.4, -0.2) is 35.2 Å². The minimum absolute atomic E-state index is 0.00564. The van der Waals surface area contributed by atoms with Crippen molar-refractivity contribution in [2.24, 2.45) is 5.92 Å². The van der Waals surface area contributed by atoms with Gasteiger partial charge in [0.15, 0.2) is 5.92 Å². The molecule has 0 radical (unpaired) electrons. The first-order valence-electron chi connectivity index (χ1n) is 6.93. The minimum atomic E-state index is -1.29. The number of hydrogen-bond donors (Lipinski definition) is 3. The second-order valence-electron chi connectivity index (χ2n) is 4.77. The molecule has 8 nitrogen and oxygen atoms in total. The Hall–Kier alpha value is -2.64. The first-order chi connectivity index (χ1) is 10.4. The fourth-order valence-corrected chi connectivity index (χ4v) is 1.84. The van der Waals surface area contributed by atoms with Crippen molar-refractivity contribution in [2.45, 2.75) is 26.2 Å². The number of imide groups is 2. The van der Waals surface area contributed by atoms with Gasteiger partial charge in [-0.15, -0.1) is 6.58 Å². The van der Waals surface area contributed by atoms with Crippen molar-refractivity contribution in [2.75, 3.05) is 6.54 Å². The van der Waals surface area contributed by atoms with Gasteiger partial charge in [-0.2, -0.15) is 0 Å². The average molecular weight is 308 g/mol. The summed E-state index contributed by atoms with van der Waals surface area (Å²) in [6.07, 6.45) is 3.29. The molecule has 1 saturated heterocycles. The number of hydrogen-bond acceptors (Lipinski definition) is 5. The summed E-state index contributed by atoms with van der Waals surface area (Å²) in [5.41, 5.74) is 4.82. The molecule has 120 valence electrons. The molecule has 0 unspecified atom stereocenters. The monoisotopic (exact) mass is 308 g/mol. The highest BCUT2D eigenvalue weighted by Crippen LogP contribution is 2.15. The Labute approximate surface area is 128 Å². The van der Waals surface area contributed by atoms with E-state index < -0.39 is 23.8 Å². The largest absolute Gasteiger partial charge is 0.331 e. The van der Waals surface area contributed by atoms with Crippen LogP contribution in [0.25, 0.3) is 0 Å². The molecule has 0 spiro atoms. The Morgan fingerprint density at radius 3 is 2.64 bits per heavy atom. The van der Waals surface area contributed by atoms with E-state index in [0.717, 1.165) is 17.7 Å². The maximum absolute atomic E-state index is 12.2. The van der Waals surface area contributed by atoms with Crippen molar-refractivity contribution in [3.8, 4) is 0 Å². The summed E-state index contributed by atoms with van der Waals surface area (Å²) in [7, 11) is 0. The molecular formula is C14H20N4O4. The van der Waals surface area contributed by atoms with Gasteiger partial charge in [0.05, 0.1) is 0 Å². The molecule has 5 amide bonds. The first-order valence-corrected chi connectivity index (χ1v) is 6.93. The van der Waals surface area contributed by atoms with Gasteiger partial charge in [-0.05, 0) is 6.42 Å². The second kappa shape index (κ2) is 7.96. The lowest BCUT2D eigenvalue weighted by molar-refractivity contribution is -0.141. The number of hydrazine groups is 1. The van der Waals surface area contributed by atoms with Crippen LogP contribution in [0.4, 0.5) is 4.79 Å². The minimum Gasteiger partial charge on any atom is -0.302 e. The Balaban J connectivity index is 2.68. The van der Waals surface area contributed by atoms with E-state index in [1.165, 1.54) is 6.08 Å². The van der Waals surface area contributed by atoms with E-state index in [4.69, 9.17) is 0 Å². The summed E-state index contributed by atoms with van der Waals surface area (Å²) < 4.78 is 0. The van der Waals surface area contributed by atoms with Crippen molar-refractivity contribution in [1.29, 1.82) is 0 Å². The zero-order valence-electron chi connectivity index (χ0n) is 12.5. The van der Waals surface area contributed by atoms with E-state index >= 15 is 0 Å². The third kappa shape index (κ3) is 4.18. The standard InChI is InChI=1S/C14H20N4O4/c1-4-6-7-10(19)17-16-9(3)11-12(20)15-14(22)18(8-5-2)13(11)21/h5,11,16H,2-4,6-8H2,1H3,(H,17,19)(H,15,20,22)/t11-/m0/s1. The van der Waals surface area contributed by atoms with Crippen LogP contribution in [0.15, 0.2) is 24.9 Å². The summed E-state index contributed by atoms with van der Waals surface area (Å²) in [5, 5.41) is 2.06. The SMILES string of the molecule is C=CCN1C(=O)NC(=O)[C@H](C(=C)NNC(=O)CCCC)C1=O. The Bertz CT molecular complexity index is 515. The number of nitrogens with one attached hydrogen (secondary N) is 3. The maximum atomic E-state index is 12.2. The lowest BCUT2D eigenvalue weighted by Crippen LogP contribution is -2.59. The molecule has 0 bridgehead atoms. The van der Waals surface area contributed by atoms with Crippen LogP contribution >= 0.6 is 0 Å². The predicted molar refractivity (Wildman–Crippen MR) is 78.9 cm³/mol. The van der Waals surface area contributed by atoms with Gasteiger partial charge >= 0.3 is 6.03 Å². The van der Waals surface area contributed by atoms with Gasteiger partial charge < -0.3 is 5.43 Å². The van der Waals surface area contributed by atoms with Crippen LogP contribution in [0.2, 0.25) is 0 Å². The van der Waals surface area contributed by atoms with Gasteiger partial charge in [-0.1, -0.05) is 26.0 Å². The highest BCUT2D eigenvalue weighted by atomic mass is 16.2. The molecule has 0 aromatic rings. The molecule has 3 N–H and O–H groups in total. The highest BCUT2D eigenvalue weighted by molar-refractivity contribution is 6.17. The van der Waals surface area contributed by atoms with Crippen LogP contribution < -0.4 is 16.2 Å². The van der Waals surface area contributed by atoms with Gasteiger partial charge in [0, 0.05) is 18.7 Å². The Morgan fingerprint density at radius 2 is 2.05 bits per heavy atom. The average Bonchev–Trinajstić information content (AvgIpc) is 2.47. The smallest absolute Gasteiger partial charge is 0.302 e. The number of unbranched alkanes of at least 4 members (excludes halogenated alkanes) is 1. The van der Waals surface area contributed by atoms with E-state index in [9.17, 15) is 19.2 Å². The molecule has 8 heteroatoms. The van der Waals surface area contributed by atoms with E-state index in [0.29, 0.717) is 6.42 Å². The zero-order chi connectivity index (χ0) is 16.7. The van der Waals surface area contributed by atoms with Crippen LogP contribution in [0.3, 0.4) is 0 Å². The first kappa shape index (κ1) is 17.4. The predicted octanol–water partition coefficient (Wildman–Crippen LogP) is 0.192. The third-order valence-corrected chi connectivity index (χ3v) is 3.03. The van der Waals surface area contributed by atoms with Gasteiger partial charge in [0.1, 0.15) is 0 Å². The summed E-state index contributed by atoms with van der Waals surface area (Å²) in [6, 6.07) is -0.800. The van der Waals surface area contributed by atoms with E-state index in [1.807, 2.05) is 6.92 Å². The second-order valence-corrected chi connectivity index (χ2v) is 4.77. The number of carbonyl (C=O) groups excluding carboxylic acids is 4. The van der Waals surface area contributed by atoms with Crippen molar-refractivity contribution >= 4 is 23.8 Å². The molecule has 1 aliphatic heterocycles. The summed E-state index contributed by atoms with van der Waals surface area (Å²) in [4.78, 5) is 47.9. The van der Waals surface area contributed by atoms with Crippen LogP contribution in [0, 0.1) is 5.92 Å². The van der Waals surface area contributed by atoms with Crippen molar-refractivity contribution < 1.29 is 19.2 Å². The number of barbiturate groups is 1. The lowest BCUT2D eigenvalue weighted by atomic mass is 10.0. The molecule has 1 aliphatic rings. The van der Waals surface area contributed by atoms with Crippen molar-refractivity contribution in [1.82, 2.24) is 21.1 Å². The zero-order valence-corrected chi connectivity index (χ0v) is 12.5. The van der Waals surface area contributed by atoms with Crippen LogP contribution in [-0.2, 0) is 14.4 Å². The van der Waals surface area contributed by atoms with Gasteiger partial charge in [0.2, 0.25) is 17.7 Å². The topological polar surface area (TPSA) is 108 Å². The molecule has 0 aromatic heterocycles. The fourth-order valence-electron chi connectivity index (χ4n) is 1.84. The van der Waals surface area contributed by atoms with E-state index in [-0.39, 0.29) is 18.1 Å². The van der Waals surface area contributed by atoms with E-state index in [1.54, 1.807) is 0 Å². The molecule has 1 atom stereocenters. The molecule has 1 heterocycles. The Morgan fingerprint density at radius 1 is 1.36 bits per heavy atom. The number of nitrogens with zero attached hydrogens (tertiary/aromatic N) is 1. The third-order valence-electron chi connectivity index (χ3n) is 3.03. The van der Waals surface area contributed by atoms with Crippen LogP contribution in [0.5, 0.6) is 0 Å². The fraction of sp³-hybridized carbons (Fsp3) is 0.429. The number of amides is 5. The lowest BCUT2D eigenvalue weighted by Gasteiger charge is -2.30. The van der Waals surface area contributed by atoms with Crippen molar-refractivity contribution in [3.63, 3.8) is 0 Å². The number of carbonyl (C=O) groups is 4. The molecule has 22 heavy (non-hydrogen) atoms. The quantitative estimate of drug-likeness (QED) is 0.337. The molecule has 0 saturated carbocycles. The van der Waals surface area contributed by atoms with E-state index in [2.05, 4.69) is 29.3 Å².